The highest BCUT2D eigenvalue weighted by Crippen LogP contribution is 2.22. The van der Waals surface area contributed by atoms with E-state index >= 15 is 0 Å². The second-order valence-electron chi connectivity index (χ2n) is 7.45. The van der Waals surface area contributed by atoms with Crippen LogP contribution in [0.2, 0.25) is 0 Å². The minimum Gasteiger partial charge on any atom is -0.453 e. The fourth-order valence-corrected chi connectivity index (χ4v) is 5.40. The summed E-state index contributed by atoms with van der Waals surface area (Å²) in [6.45, 7) is 2.86. The molecular formula is C20H29N3O5S. The molecule has 9 heteroatoms. The molecule has 8 nitrogen and oxygen atoms in total. The quantitative estimate of drug-likeness (QED) is 0.744. The van der Waals surface area contributed by atoms with Gasteiger partial charge in [0, 0.05) is 44.8 Å². The van der Waals surface area contributed by atoms with Gasteiger partial charge in [-0.2, -0.15) is 4.31 Å². The topological polar surface area (TPSA) is 87.2 Å². The highest BCUT2D eigenvalue weighted by atomic mass is 32.2. The maximum atomic E-state index is 13.0. The van der Waals surface area contributed by atoms with Crippen LogP contribution in [0, 0.1) is 0 Å². The predicted octanol–water partition coefficient (Wildman–Crippen LogP) is 2.17. The summed E-state index contributed by atoms with van der Waals surface area (Å²) in [6.07, 6.45) is 4.06. The molecule has 0 aromatic heterocycles. The van der Waals surface area contributed by atoms with Crippen LogP contribution in [0.3, 0.4) is 0 Å². The van der Waals surface area contributed by atoms with Crippen molar-refractivity contribution in [3.63, 3.8) is 0 Å². The van der Waals surface area contributed by atoms with Crippen molar-refractivity contribution in [2.75, 3.05) is 46.4 Å². The lowest BCUT2D eigenvalue weighted by Gasteiger charge is -2.23. The van der Waals surface area contributed by atoms with Crippen molar-refractivity contribution in [3.05, 3.63) is 29.8 Å². The summed E-state index contributed by atoms with van der Waals surface area (Å²) in [6, 6.07) is 6.30. The Morgan fingerprint density at radius 2 is 1.52 bits per heavy atom. The highest BCUT2D eigenvalue weighted by Gasteiger charge is 2.27. The number of amides is 2. The fraction of sp³-hybridized carbons (Fsp3) is 0.600. The van der Waals surface area contributed by atoms with E-state index in [1.54, 1.807) is 28.0 Å². The summed E-state index contributed by atoms with van der Waals surface area (Å²) in [5, 5.41) is 0. The molecule has 29 heavy (non-hydrogen) atoms. The van der Waals surface area contributed by atoms with Crippen LogP contribution in [-0.4, -0.2) is 80.9 Å². The summed E-state index contributed by atoms with van der Waals surface area (Å²) in [5.74, 6) is -0.218. The number of carbonyl (C=O) groups is 2. The molecule has 1 aromatic rings. The van der Waals surface area contributed by atoms with Gasteiger partial charge in [-0.25, -0.2) is 13.2 Å². The zero-order valence-corrected chi connectivity index (χ0v) is 17.7. The molecule has 0 bridgehead atoms. The van der Waals surface area contributed by atoms with Crippen molar-refractivity contribution < 1.29 is 22.7 Å². The third kappa shape index (κ3) is 5.08. The second-order valence-corrected chi connectivity index (χ2v) is 9.39. The van der Waals surface area contributed by atoms with Crippen molar-refractivity contribution in [1.29, 1.82) is 0 Å². The molecule has 0 radical (unpaired) electrons. The number of hydrogen-bond acceptors (Lipinski definition) is 5. The molecule has 160 valence electrons. The lowest BCUT2D eigenvalue weighted by molar-refractivity contribution is 0.0757. The first-order valence-electron chi connectivity index (χ1n) is 10.2. The largest absolute Gasteiger partial charge is 0.453 e. The van der Waals surface area contributed by atoms with Gasteiger partial charge in [-0.3, -0.25) is 4.79 Å². The second kappa shape index (κ2) is 9.58. The van der Waals surface area contributed by atoms with Crippen molar-refractivity contribution in [1.82, 2.24) is 14.1 Å². The van der Waals surface area contributed by atoms with Crippen LogP contribution in [0.4, 0.5) is 4.79 Å². The van der Waals surface area contributed by atoms with Gasteiger partial charge >= 0.3 is 6.09 Å². The van der Waals surface area contributed by atoms with E-state index in [-0.39, 0.29) is 10.8 Å². The summed E-state index contributed by atoms with van der Waals surface area (Å²) in [7, 11) is -2.27. The van der Waals surface area contributed by atoms with Crippen molar-refractivity contribution >= 4 is 22.0 Å². The van der Waals surface area contributed by atoms with Crippen molar-refractivity contribution in [2.45, 2.75) is 37.0 Å². The number of nitrogens with zero attached hydrogens (tertiary/aromatic N) is 3. The molecule has 0 atom stereocenters. The zero-order valence-electron chi connectivity index (χ0n) is 16.9. The lowest BCUT2D eigenvalue weighted by Crippen LogP contribution is -2.37. The Bertz CT molecular complexity index is 834. The van der Waals surface area contributed by atoms with Crippen LogP contribution in [0.15, 0.2) is 29.2 Å². The van der Waals surface area contributed by atoms with Gasteiger partial charge in [0.15, 0.2) is 0 Å². The summed E-state index contributed by atoms with van der Waals surface area (Å²) < 4.78 is 32.4. The van der Waals surface area contributed by atoms with Crippen LogP contribution in [0.25, 0.3) is 0 Å². The van der Waals surface area contributed by atoms with Gasteiger partial charge in [-0.1, -0.05) is 18.9 Å². The maximum absolute atomic E-state index is 13.0. The molecule has 0 aliphatic carbocycles. The van der Waals surface area contributed by atoms with Crippen LogP contribution in [0.1, 0.15) is 42.5 Å². The van der Waals surface area contributed by atoms with Gasteiger partial charge in [0.25, 0.3) is 5.91 Å². The van der Waals surface area contributed by atoms with Gasteiger partial charge in [0.1, 0.15) is 0 Å². The van der Waals surface area contributed by atoms with E-state index in [9.17, 15) is 18.0 Å². The van der Waals surface area contributed by atoms with Crippen molar-refractivity contribution in [3.8, 4) is 0 Å². The summed E-state index contributed by atoms with van der Waals surface area (Å²) in [5.41, 5.74) is 0.354. The molecule has 2 saturated heterocycles. The molecule has 2 heterocycles. The monoisotopic (exact) mass is 423 g/mol. The predicted molar refractivity (Wildman–Crippen MR) is 108 cm³/mol. The van der Waals surface area contributed by atoms with Crippen molar-refractivity contribution in [2.24, 2.45) is 0 Å². The SMILES string of the molecule is COC(=O)N1CCCN(C(=O)c2cccc(S(=O)(=O)N3CCCCCC3)c2)CC1. The first-order valence-corrected chi connectivity index (χ1v) is 11.6. The smallest absolute Gasteiger partial charge is 0.409 e. The highest BCUT2D eigenvalue weighted by molar-refractivity contribution is 7.89. The Morgan fingerprint density at radius 1 is 0.862 bits per heavy atom. The van der Waals surface area contributed by atoms with E-state index in [4.69, 9.17) is 4.74 Å². The molecule has 0 unspecified atom stereocenters. The number of ether oxygens (including phenoxy) is 1. The minimum atomic E-state index is -3.61. The average molecular weight is 424 g/mol. The van der Waals surface area contributed by atoms with Gasteiger partial charge < -0.3 is 14.5 Å². The van der Waals surface area contributed by atoms with Crippen LogP contribution >= 0.6 is 0 Å². The van der Waals surface area contributed by atoms with E-state index in [1.165, 1.54) is 17.5 Å². The number of rotatable bonds is 3. The standard InChI is InChI=1S/C20H29N3O5S/c1-28-20(25)22-11-7-10-21(14-15-22)19(24)17-8-6-9-18(16-17)29(26,27)23-12-4-2-3-5-13-23/h6,8-9,16H,2-5,7,10-15H2,1H3. The Morgan fingerprint density at radius 3 is 2.21 bits per heavy atom. The molecular weight excluding hydrogens is 394 g/mol. The van der Waals surface area contributed by atoms with Gasteiger partial charge in [0.2, 0.25) is 10.0 Å². The fourth-order valence-electron chi connectivity index (χ4n) is 3.84. The molecule has 0 N–H and O–H groups in total. The molecule has 2 aliphatic heterocycles. The minimum absolute atomic E-state index is 0.163. The van der Waals surface area contributed by atoms with Crippen LogP contribution in [-0.2, 0) is 14.8 Å². The van der Waals surface area contributed by atoms with Gasteiger partial charge in [0.05, 0.1) is 12.0 Å². The van der Waals surface area contributed by atoms with E-state index in [0.29, 0.717) is 51.3 Å². The Kier molecular flexibility index (Phi) is 7.13. The number of sulfonamides is 1. The molecule has 1 aromatic carbocycles. The lowest BCUT2D eigenvalue weighted by atomic mass is 10.2. The average Bonchev–Trinajstić information content (AvgIpc) is 3.16. The number of methoxy groups -OCH3 is 1. The molecule has 0 spiro atoms. The molecule has 0 saturated carbocycles. The number of hydrogen-bond donors (Lipinski definition) is 0. The third-order valence-corrected chi connectivity index (χ3v) is 7.39. The first-order chi connectivity index (χ1) is 13.9. The summed E-state index contributed by atoms with van der Waals surface area (Å²) in [4.78, 5) is 28.1. The zero-order chi connectivity index (χ0) is 20.9. The van der Waals surface area contributed by atoms with Crippen LogP contribution < -0.4 is 0 Å². The Hall–Kier alpha value is -2.13. The third-order valence-electron chi connectivity index (χ3n) is 5.50. The van der Waals surface area contributed by atoms with E-state index < -0.39 is 16.1 Å². The van der Waals surface area contributed by atoms with Gasteiger partial charge in [-0.05, 0) is 37.5 Å². The van der Waals surface area contributed by atoms with E-state index in [2.05, 4.69) is 0 Å². The summed E-state index contributed by atoms with van der Waals surface area (Å²) >= 11 is 0. The molecule has 3 rings (SSSR count). The molecule has 2 amide bonds. The van der Waals surface area contributed by atoms with Crippen LogP contribution in [0.5, 0.6) is 0 Å². The normalized spacial score (nSPS) is 19.3. The van der Waals surface area contributed by atoms with Gasteiger partial charge in [-0.15, -0.1) is 0 Å². The number of carbonyl (C=O) groups excluding carboxylic acids is 2. The van der Waals surface area contributed by atoms with E-state index in [0.717, 1.165) is 25.7 Å². The first kappa shape index (κ1) is 21.6. The van der Waals surface area contributed by atoms with E-state index in [1.807, 2.05) is 0 Å². The molecule has 2 fully saturated rings. The Labute approximate surface area is 172 Å². The Balaban J connectivity index is 1.74. The number of benzene rings is 1. The maximum Gasteiger partial charge on any atom is 0.409 e. The molecule has 2 aliphatic rings.